The van der Waals surface area contributed by atoms with Gasteiger partial charge in [0.2, 0.25) is 5.91 Å². The van der Waals surface area contributed by atoms with E-state index in [1.165, 1.54) is 5.56 Å². The summed E-state index contributed by atoms with van der Waals surface area (Å²) in [7, 11) is 1.80. The van der Waals surface area contributed by atoms with E-state index in [9.17, 15) is 9.90 Å². The van der Waals surface area contributed by atoms with E-state index in [1.54, 1.807) is 11.9 Å². The van der Waals surface area contributed by atoms with E-state index in [1.807, 2.05) is 6.20 Å². The number of aromatic amines is 1. The van der Waals surface area contributed by atoms with Gasteiger partial charge in [-0.2, -0.15) is 5.10 Å². The van der Waals surface area contributed by atoms with Crippen molar-refractivity contribution in [1.29, 1.82) is 0 Å². The van der Waals surface area contributed by atoms with Gasteiger partial charge in [0.15, 0.2) is 0 Å². The fraction of sp³-hybridized carbons (Fsp3) is 0.714. The van der Waals surface area contributed by atoms with Crippen LogP contribution >= 0.6 is 0 Å². The highest BCUT2D eigenvalue weighted by atomic mass is 16.3. The molecular weight excluding hydrogens is 242 g/mol. The number of carbonyl (C=O) groups is 1. The lowest BCUT2D eigenvalue weighted by molar-refractivity contribution is -0.136. The summed E-state index contributed by atoms with van der Waals surface area (Å²) < 4.78 is 0. The summed E-state index contributed by atoms with van der Waals surface area (Å²) >= 11 is 0. The van der Waals surface area contributed by atoms with Crippen LogP contribution in [-0.4, -0.2) is 45.8 Å². The number of hydrogen-bond donors (Lipinski definition) is 2. The van der Waals surface area contributed by atoms with Crippen LogP contribution in [0.4, 0.5) is 0 Å². The number of rotatable bonds is 4. The highest BCUT2D eigenvalue weighted by Crippen LogP contribution is 2.33. The van der Waals surface area contributed by atoms with Gasteiger partial charge in [-0.3, -0.25) is 9.89 Å². The van der Waals surface area contributed by atoms with Gasteiger partial charge in [-0.25, -0.2) is 0 Å². The summed E-state index contributed by atoms with van der Waals surface area (Å²) in [5.41, 5.74) is 2.34. The fourth-order valence-electron chi connectivity index (χ4n) is 2.93. The molecule has 0 bridgehead atoms. The molecule has 0 aliphatic heterocycles. The number of aryl methyl sites for hydroxylation is 1. The zero-order valence-electron chi connectivity index (χ0n) is 11.3. The Balaban J connectivity index is 1.58. The Hall–Kier alpha value is -1.36. The lowest BCUT2D eigenvalue weighted by Crippen LogP contribution is -2.40. The molecular formula is C14H21N3O2. The third-order valence-corrected chi connectivity index (χ3v) is 4.37. The molecule has 0 aromatic carbocycles. The summed E-state index contributed by atoms with van der Waals surface area (Å²) in [6, 6.07) is 0. The Bertz CT molecular complexity index is 467. The topological polar surface area (TPSA) is 69.2 Å². The molecule has 1 heterocycles. The van der Waals surface area contributed by atoms with Gasteiger partial charge in [0, 0.05) is 31.6 Å². The number of nitrogens with one attached hydrogen (secondary N) is 1. The van der Waals surface area contributed by atoms with Crippen molar-refractivity contribution in [3.63, 3.8) is 0 Å². The van der Waals surface area contributed by atoms with E-state index in [0.717, 1.165) is 37.8 Å². The quantitative estimate of drug-likeness (QED) is 0.842. The van der Waals surface area contributed by atoms with Gasteiger partial charge in [0.25, 0.3) is 0 Å². The van der Waals surface area contributed by atoms with Gasteiger partial charge < -0.3 is 10.0 Å². The summed E-state index contributed by atoms with van der Waals surface area (Å²) in [4.78, 5) is 14.1. The van der Waals surface area contributed by atoms with Crippen LogP contribution in [-0.2, 0) is 17.6 Å². The Morgan fingerprint density at radius 2 is 2.37 bits per heavy atom. The zero-order chi connectivity index (χ0) is 13.4. The van der Waals surface area contributed by atoms with Gasteiger partial charge in [-0.15, -0.1) is 0 Å². The third kappa shape index (κ3) is 2.66. The minimum atomic E-state index is -0.347. The number of aliphatic hydroxyl groups is 1. The van der Waals surface area contributed by atoms with Crippen molar-refractivity contribution in [2.45, 2.75) is 38.2 Å². The number of aliphatic hydroxyl groups excluding tert-OH is 1. The van der Waals surface area contributed by atoms with Crippen molar-refractivity contribution in [1.82, 2.24) is 15.1 Å². The van der Waals surface area contributed by atoms with Crippen molar-refractivity contribution in [3.05, 3.63) is 17.5 Å². The standard InChI is InChI=1S/C14H21N3O2/c1-17(8-13(18)9-2-3-9)14(19)10-4-5-11-7-15-16-12(11)6-10/h7,9-10,13,18H,2-6,8H2,1H3,(H,15,16). The maximum absolute atomic E-state index is 12.4. The van der Waals surface area contributed by atoms with Crippen molar-refractivity contribution in [2.75, 3.05) is 13.6 Å². The normalized spacial score (nSPS) is 23.8. The number of carbonyl (C=O) groups excluding carboxylic acids is 1. The second-order valence-electron chi connectivity index (χ2n) is 5.94. The van der Waals surface area contributed by atoms with Crippen molar-refractivity contribution in [3.8, 4) is 0 Å². The second kappa shape index (κ2) is 4.96. The van der Waals surface area contributed by atoms with Crippen molar-refractivity contribution < 1.29 is 9.90 Å². The molecule has 0 radical (unpaired) electrons. The molecule has 1 saturated carbocycles. The van der Waals surface area contributed by atoms with Crippen LogP contribution in [0.2, 0.25) is 0 Å². The number of hydrogen-bond acceptors (Lipinski definition) is 3. The van der Waals surface area contributed by atoms with E-state index in [2.05, 4.69) is 10.2 Å². The van der Waals surface area contributed by atoms with Crippen LogP contribution in [0.3, 0.4) is 0 Å². The molecule has 0 saturated heterocycles. The Kier molecular flexibility index (Phi) is 3.31. The number of fused-ring (bicyclic) bond motifs is 1. The van der Waals surface area contributed by atoms with Crippen molar-refractivity contribution >= 4 is 5.91 Å². The molecule has 5 heteroatoms. The molecule has 1 amide bonds. The summed E-state index contributed by atoms with van der Waals surface area (Å²) in [6.07, 6.45) is 6.26. The molecule has 5 nitrogen and oxygen atoms in total. The van der Waals surface area contributed by atoms with Gasteiger partial charge in [0.1, 0.15) is 0 Å². The Morgan fingerprint density at radius 1 is 1.58 bits per heavy atom. The monoisotopic (exact) mass is 263 g/mol. The maximum Gasteiger partial charge on any atom is 0.225 e. The molecule has 19 heavy (non-hydrogen) atoms. The molecule has 0 spiro atoms. The third-order valence-electron chi connectivity index (χ3n) is 4.37. The maximum atomic E-state index is 12.4. The largest absolute Gasteiger partial charge is 0.391 e. The Morgan fingerprint density at radius 3 is 3.11 bits per heavy atom. The van der Waals surface area contributed by atoms with Crippen LogP contribution in [0.25, 0.3) is 0 Å². The SMILES string of the molecule is CN(CC(O)C1CC1)C(=O)C1CCc2cn[nH]c2C1. The first kappa shape index (κ1) is 12.7. The average Bonchev–Trinajstić information content (AvgIpc) is 3.15. The van der Waals surface area contributed by atoms with Crippen LogP contribution in [0.15, 0.2) is 6.20 Å². The van der Waals surface area contributed by atoms with Gasteiger partial charge in [-0.05, 0) is 37.2 Å². The van der Waals surface area contributed by atoms with Gasteiger partial charge >= 0.3 is 0 Å². The summed E-state index contributed by atoms with van der Waals surface area (Å²) in [5.74, 6) is 0.602. The molecule has 104 valence electrons. The highest BCUT2D eigenvalue weighted by molar-refractivity contribution is 5.79. The number of amides is 1. The fourth-order valence-corrected chi connectivity index (χ4v) is 2.93. The number of nitrogens with zero attached hydrogens (tertiary/aromatic N) is 2. The average molecular weight is 263 g/mol. The summed E-state index contributed by atoms with van der Waals surface area (Å²) in [6.45, 7) is 0.468. The first-order valence-electron chi connectivity index (χ1n) is 7.09. The first-order chi connectivity index (χ1) is 9.15. The van der Waals surface area contributed by atoms with E-state index in [4.69, 9.17) is 0 Å². The zero-order valence-corrected chi connectivity index (χ0v) is 11.3. The predicted octanol–water partition coefficient (Wildman–Crippen LogP) is 0.744. The van der Waals surface area contributed by atoms with Crippen LogP contribution in [0.5, 0.6) is 0 Å². The lowest BCUT2D eigenvalue weighted by atomic mass is 9.87. The van der Waals surface area contributed by atoms with E-state index in [-0.39, 0.29) is 17.9 Å². The van der Waals surface area contributed by atoms with Gasteiger partial charge in [-0.1, -0.05) is 0 Å². The molecule has 2 aliphatic rings. The van der Waals surface area contributed by atoms with Crippen molar-refractivity contribution in [2.24, 2.45) is 11.8 Å². The minimum absolute atomic E-state index is 0.0318. The van der Waals surface area contributed by atoms with E-state index in [0.29, 0.717) is 12.5 Å². The number of aromatic nitrogens is 2. The molecule has 2 aliphatic carbocycles. The van der Waals surface area contributed by atoms with E-state index >= 15 is 0 Å². The molecule has 1 aromatic rings. The highest BCUT2D eigenvalue weighted by Gasteiger charge is 2.33. The first-order valence-corrected chi connectivity index (χ1v) is 7.09. The predicted molar refractivity (Wildman–Crippen MR) is 70.5 cm³/mol. The molecule has 1 aromatic heterocycles. The summed E-state index contributed by atoms with van der Waals surface area (Å²) in [5, 5.41) is 16.9. The molecule has 2 N–H and O–H groups in total. The molecule has 2 unspecified atom stereocenters. The number of H-pyrrole nitrogens is 1. The minimum Gasteiger partial charge on any atom is -0.391 e. The van der Waals surface area contributed by atoms with Crippen LogP contribution in [0.1, 0.15) is 30.5 Å². The molecule has 2 atom stereocenters. The molecule has 3 rings (SSSR count). The smallest absolute Gasteiger partial charge is 0.225 e. The second-order valence-corrected chi connectivity index (χ2v) is 5.94. The number of likely N-dealkylation sites (N-methyl/N-ethyl adjacent to an activating group) is 1. The molecule has 1 fully saturated rings. The van der Waals surface area contributed by atoms with Gasteiger partial charge in [0.05, 0.1) is 12.3 Å². The lowest BCUT2D eigenvalue weighted by Gasteiger charge is -2.27. The van der Waals surface area contributed by atoms with E-state index < -0.39 is 0 Å². The van der Waals surface area contributed by atoms with Crippen LogP contribution in [0, 0.1) is 11.8 Å². The Labute approximate surface area is 113 Å². The van der Waals surface area contributed by atoms with Crippen LogP contribution < -0.4 is 0 Å².